The van der Waals surface area contributed by atoms with Gasteiger partial charge in [-0.15, -0.1) is 6.58 Å². The number of fused-ring (bicyclic) bond motifs is 1. The summed E-state index contributed by atoms with van der Waals surface area (Å²) in [5.41, 5.74) is 12.1. The number of aryl methyl sites for hydroxylation is 2. The first-order valence-corrected chi connectivity index (χ1v) is 10.8. The molecule has 2 unspecified atom stereocenters. The molecule has 5 nitrogen and oxygen atoms in total. The molecule has 3 aromatic heterocycles. The average Bonchev–Trinajstić information content (AvgIpc) is 3.17. The fourth-order valence-corrected chi connectivity index (χ4v) is 4.56. The lowest BCUT2D eigenvalue weighted by molar-refractivity contribution is -0.106. The molecule has 2 atom stereocenters. The quantitative estimate of drug-likeness (QED) is 0.418. The summed E-state index contributed by atoms with van der Waals surface area (Å²) >= 11 is 0. The normalized spacial score (nSPS) is 12.7. The van der Waals surface area contributed by atoms with Gasteiger partial charge in [0.05, 0.1) is 0 Å². The first-order valence-electron chi connectivity index (χ1n) is 10.8. The van der Waals surface area contributed by atoms with Crippen LogP contribution in [-0.2, 0) is 11.2 Å². The van der Waals surface area contributed by atoms with Gasteiger partial charge in [-0.05, 0) is 74.1 Å². The summed E-state index contributed by atoms with van der Waals surface area (Å²) in [7, 11) is 0. The number of hydrogen-bond acceptors (Lipinski definition) is 2. The molecule has 0 bridgehead atoms. The number of allylic oxidation sites excluding steroid dienone is 1. The predicted octanol–water partition coefficient (Wildman–Crippen LogP) is 4.95. The van der Waals surface area contributed by atoms with Crippen LogP contribution in [0.25, 0.3) is 5.52 Å². The zero-order valence-electron chi connectivity index (χ0n) is 19.4. The van der Waals surface area contributed by atoms with Crippen LogP contribution in [0.15, 0.2) is 47.9 Å². The third-order valence-corrected chi connectivity index (χ3v) is 6.22. The highest BCUT2D eigenvalue weighted by molar-refractivity contribution is 5.56. The van der Waals surface area contributed by atoms with E-state index in [1.54, 1.807) is 0 Å². The molecule has 3 rings (SSSR count). The molecule has 3 N–H and O–H groups in total. The Labute approximate surface area is 185 Å². The molecule has 5 heteroatoms. The highest BCUT2D eigenvalue weighted by Crippen LogP contribution is 2.34. The summed E-state index contributed by atoms with van der Waals surface area (Å²) in [6, 6.07) is 8.55. The Bertz CT molecular complexity index is 1110. The molecule has 0 saturated heterocycles. The van der Waals surface area contributed by atoms with E-state index in [9.17, 15) is 4.79 Å². The van der Waals surface area contributed by atoms with Gasteiger partial charge in [-0.3, -0.25) is 9.59 Å². The van der Waals surface area contributed by atoms with Gasteiger partial charge in [0.15, 0.2) is 0 Å². The Kier molecular flexibility index (Phi) is 8.43. The average molecular weight is 422 g/mol. The van der Waals surface area contributed by atoms with Crippen molar-refractivity contribution in [2.24, 2.45) is 11.7 Å². The smallest absolute Gasteiger partial charge is 0.251 e. The number of amides is 1. The molecule has 0 radical (unpaired) electrons. The van der Waals surface area contributed by atoms with Gasteiger partial charge in [0.1, 0.15) is 0 Å². The number of nitrogens with two attached hydrogens (primary N) is 1. The fourth-order valence-electron chi connectivity index (χ4n) is 4.56. The van der Waals surface area contributed by atoms with Crippen molar-refractivity contribution in [3.8, 4) is 0 Å². The molecule has 0 aromatic carbocycles. The van der Waals surface area contributed by atoms with Gasteiger partial charge in [0.2, 0.25) is 6.41 Å². The van der Waals surface area contributed by atoms with Gasteiger partial charge < -0.3 is 15.1 Å². The Morgan fingerprint density at radius 1 is 1.26 bits per heavy atom. The zero-order valence-corrected chi connectivity index (χ0v) is 19.4. The van der Waals surface area contributed by atoms with Gasteiger partial charge in [0.25, 0.3) is 5.56 Å². The minimum atomic E-state index is 0.0276. The lowest BCUT2D eigenvalue weighted by atomic mass is 9.83. The van der Waals surface area contributed by atoms with Crippen LogP contribution < -0.4 is 11.3 Å². The lowest BCUT2D eigenvalue weighted by Crippen LogP contribution is -2.18. The van der Waals surface area contributed by atoms with Gasteiger partial charge in [-0.2, -0.15) is 0 Å². The van der Waals surface area contributed by atoms with Crippen molar-refractivity contribution in [1.82, 2.24) is 9.38 Å². The van der Waals surface area contributed by atoms with Gasteiger partial charge in [-0.25, -0.2) is 0 Å². The van der Waals surface area contributed by atoms with E-state index >= 15 is 0 Å². The number of pyridine rings is 2. The van der Waals surface area contributed by atoms with Gasteiger partial charge >= 0.3 is 0 Å². The highest BCUT2D eigenvalue weighted by Gasteiger charge is 2.22. The molecular weight excluding hydrogens is 386 g/mol. The Morgan fingerprint density at radius 2 is 1.94 bits per heavy atom. The van der Waals surface area contributed by atoms with E-state index < -0.39 is 0 Å². The van der Waals surface area contributed by atoms with E-state index in [0.29, 0.717) is 18.3 Å². The van der Waals surface area contributed by atoms with E-state index in [2.05, 4.69) is 72.9 Å². The van der Waals surface area contributed by atoms with E-state index in [4.69, 9.17) is 4.79 Å². The van der Waals surface area contributed by atoms with Gasteiger partial charge in [0, 0.05) is 41.0 Å². The second-order valence-electron chi connectivity index (χ2n) is 8.22. The first-order chi connectivity index (χ1) is 14.8. The van der Waals surface area contributed by atoms with Crippen molar-refractivity contribution < 1.29 is 4.79 Å². The van der Waals surface area contributed by atoms with Crippen LogP contribution in [-0.4, -0.2) is 15.8 Å². The van der Waals surface area contributed by atoms with Crippen LogP contribution in [0.2, 0.25) is 0 Å². The molecule has 0 aliphatic heterocycles. The minimum Gasteiger partial charge on any atom is -0.372 e. The monoisotopic (exact) mass is 421 g/mol. The molecule has 0 fully saturated rings. The number of aromatic nitrogens is 2. The molecule has 3 heterocycles. The van der Waals surface area contributed by atoms with E-state index in [1.165, 1.54) is 22.3 Å². The van der Waals surface area contributed by atoms with Crippen LogP contribution in [0.4, 0.5) is 0 Å². The summed E-state index contributed by atoms with van der Waals surface area (Å²) in [6.07, 6.45) is 7.23. The standard InChI is InChI=1S/C25H32N2O.CH3NO/c1-7-10-20(8-2)18(5)24-19(6)21(14-22-11-9-12-27(22)24)15-23-16(3)13-17(4)26-25(23)28;2-1-3/h7,9,11-14,18,20H,1,8,10,15H2,2-6H3,(H,26,28);1H,(H2,2,3). The molecule has 31 heavy (non-hydrogen) atoms. The van der Waals surface area contributed by atoms with Gasteiger partial charge in [-0.1, -0.05) is 26.3 Å². The van der Waals surface area contributed by atoms with Crippen molar-refractivity contribution in [2.45, 2.75) is 59.8 Å². The van der Waals surface area contributed by atoms with Crippen LogP contribution >= 0.6 is 0 Å². The maximum atomic E-state index is 12.6. The minimum absolute atomic E-state index is 0.0276. The largest absolute Gasteiger partial charge is 0.372 e. The third-order valence-electron chi connectivity index (χ3n) is 6.22. The molecular formula is C26H35N3O2. The van der Waals surface area contributed by atoms with E-state index in [1.807, 2.05) is 19.9 Å². The molecule has 1 amide bonds. The highest BCUT2D eigenvalue weighted by atomic mass is 16.1. The maximum absolute atomic E-state index is 12.6. The fraction of sp³-hybridized carbons (Fsp3) is 0.385. The van der Waals surface area contributed by atoms with Crippen molar-refractivity contribution >= 4 is 11.9 Å². The Morgan fingerprint density at radius 3 is 2.52 bits per heavy atom. The van der Waals surface area contributed by atoms with Crippen molar-refractivity contribution in [3.63, 3.8) is 0 Å². The predicted molar refractivity (Wildman–Crippen MR) is 129 cm³/mol. The Balaban J connectivity index is 0.00000107. The summed E-state index contributed by atoms with van der Waals surface area (Å²) in [5.74, 6) is 0.969. The zero-order chi connectivity index (χ0) is 23.1. The van der Waals surface area contributed by atoms with Crippen molar-refractivity contribution in [3.05, 3.63) is 87.1 Å². The number of rotatable bonds is 7. The number of hydrogen-bond donors (Lipinski definition) is 2. The topological polar surface area (TPSA) is 80.4 Å². The van der Waals surface area contributed by atoms with Crippen molar-refractivity contribution in [2.75, 3.05) is 0 Å². The number of carbonyl (C=O) groups is 1. The molecule has 0 spiro atoms. The summed E-state index contributed by atoms with van der Waals surface area (Å²) in [6.45, 7) is 14.7. The summed E-state index contributed by atoms with van der Waals surface area (Å²) in [4.78, 5) is 24.1. The van der Waals surface area contributed by atoms with E-state index in [0.717, 1.165) is 29.7 Å². The third kappa shape index (κ3) is 5.35. The molecule has 166 valence electrons. The number of carbonyl (C=O) groups excluding carboxylic acids is 1. The molecule has 0 aliphatic rings. The van der Waals surface area contributed by atoms with Crippen LogP contribution in [0.3, 0.4) is 0 Å². The number of nitrogens with zero attached hydrogens (tertiary/aromatic N) is 1. The summed E-state index contributed by atoms with van der Waals surface area (Å²) in [5, 5.41) is 0. The SMILES string of the molecule is C=CCC(CC)C(C)c1c(C)c(Cc2c(C)cc(C)[nH]c2=O)cc2cccn12.NC=O. The van der Waals surface area contributed by atoms with Crippen LogP contribution in [0, 0.1) is 26.7 Å². The number of aromatic amines is 1. The maximum Gasteiger partial charge on any atom is 0.251 e. The second-order valence-corrected chi connectivity index (χ2v) is 8.22. The summed E-state index contributed by atoms with van der Waals surface area (Å²) < 4.78 is 2.32. The molecule has 0 aliphatic carbocycles. The second kappa shape index (κ2) is 10.8. The first kappa shape index (κ1) is 24.2. The number of H-pyrrole nitrogens is 1. The van der Waals surface area contributed by atoms with Crippen LogP contribution in [0.5, 0.6) is 0 Å². The van der Waals surface area contributed by atoms with Crippen molar-refractivity contribution in [1.29, 1.82) is 0 Å². The molecule has 3 aromatic rings. The number of primary amides is 1. The molecule has 0 saturated carbocycles. The van der Waals surface area contributed by atoms with E-state index in [-0.39, 0.29) is 12.0 Å². The van der Waals surface area contributed by atoms with Crippen LogP contribution in [0.1, 0.15) is 66.2 Å². The Hall–Kier alpha value is -3.08. The number of nitrogens with one attached hydrogen (secondary N) is 1. The lowest BCUT2D eigenvalue weighted by Gasteiger charge is -2.26.